The molecule has 0 aliphatic carbocycles. The highest BCUT2D eigenvalue weighted by molar-refractivity contribution is 6.32. The first-order valence-electron chi connectivity index (χ1n) is 7.65. The number of nitrogens with two attached hydrogens (primary N) is 1. The zero-order valence-corrected chi connectivity index (χ0v) is 14.0. The normalized spacial score (nSPS) is 12.5. The highest BCUT2D eigenvalue weighted by Gasteiger charge is 2.18. The van der Waals surface area contributed by atoms with Crippen molar-refractivity contribution in [2.24, 2.45) is 5.73 Å². The van der Waals surface area contributed by atoms with Gasteiger partial charge in [0, 0.05) is 5.56 Å². The third-order valence-electron chi connectivity index (χ3n) is 3.64. The minimum Gasteiger partial charge on any atom is -0.486 e. The van der Waals surface area contributed by atoms with Crippen LogP contribution < -0.4 is 15.2 Å². The van der Waals surface area contributed by atoms with Gasteiger partial charge in [-0.3, -0.25) is 9.59 Å². The summed E-state index contributed by atoms with van der Waals surface area (Å²) in [5, 5.41) is 0.405. The van der Waals surface area contributed by atoms with E-state index >= 15 is 0 Å². The lowest BCUT2D eigenvalue weighted by molar-refractivity contribution is -0.144. The van der Waals surface area contributed by atoms with Crippen molar-refractivity contribution in [2.45, 2.75) is 13.0 Å². The first kappa shape index (κ1) is 17.1. The Morgan fingerprint density at radius 2 is 1.80 bits per heavy atom. The lowest BCUT2D eigenvalue weighted by Gasteiger charge is -2.20. The maximum absolute atomic E-state index is 12.0. The molecule has 0 spiro atoms. The molecule has 3 rings (SSSR count). The van der Waals surface area contributed by atoms with Crippen LogP contribution in [0.3, 0.4) is 0 Å². The molecule has 2 N–H and O–H groups in total. The van der Waals surface area contributed by atoms with Crippen molar-refractivity contribution in [2.75, 3.05) is 13.2 Å². The molecule has 2 aromatic rings. The van der Waals surface area contributed by atoms with Gasteiger partial charge in [0.15, 0.2) is 11.5 Å². The van der Waals surface area contributed by atoms with Crippen molar-refractivity contribution in [1.29, 1.82) is 0 Å². The van der Waals surface area contributed by atoms with Gasteiger partial charge in [-0.2, -0.15) is 0 Å². The standard InChI is InChI=1S/C18H16ClNO5/c19-14-7-12(8-15-17(14)24-6-5-23-15)9-16(21)25-10-11-1-3-13(4-2-11)18(20)22/h1-4,7-8H,5-6,9-10H2,(H2,20,22). The molecular weight excluding hydrogens is 346 g/mol. The van der Waals surface area contributed by atoms with E-state index in [0.717, 1.165) is 5.56 Å². The number of ether oxygens (including phenoxy) is 3. The Labute approximate surface area is 149 Å². The van der Waals surface area contributed by atoms with Crippen LogP contribution in [0.15, 0.2) is 36.4 Å². The van der Waals surface area contributed by atoms with Gasteiger partial charge in [-0.15, -0.1) is 0 Å². The summed E-state index contributed by atoms with van der Waals surface area (Å²) in [6, 6.07) is 9.95. The summed E-state index contributed by atoms with van der Waals surface area (Å²) in [5.41, 5.74) is 7.03. The highest BCUT2D eigenvalue weighted by Crippen LogP contribution is 2.38. The van der Waals surface area contributed by atoms with E-state index in [1.807, 2.05) is 0 Å². The summed E-state index contributed by atoms with van der Waals surface area (Å²) >= 11 is 6.15. The van der Waals surface area contributed by atoms with E-state index in [9.17, 15) is 9.59 Å². The van der Waals surface area contributed by atoms with Crippen molar-refractivity contribution in [3.8, 4) is 11.5 Å². The Morgan fingerprint density at radius 1 is 1.08 bits per heavy atom. The topological polar surface area (TPSA) is 87.9 Å². The van der Waals surface area contributed by atoms with E-state index in [2.05, 4.69) is 0 Å². The van der Waals surface area contributed by atoms with Crippen molar-refractivity contribution in [3.63, 3.8) is 0 Å². The molecule has 25 heavy (non-hydrogen) atoms. The average Bonchev–Trinajstić information content (AvgIpc) is 2.60. The van der Waals surface area contributed by atoms with Gasteiger partial charge in [0.2, 0.25) is 5.91 Å². The zero-order valence-electron chi connectivity index (χ0n) is 13.3. The van der Waals surface area contributed by atoms with Crippen molar-refractivity contribution >= 4 is 23.5 Å². The molecule has 1 aliphatic rings. The molecular formula is C18H16ClNO5. The molecule has 0 bridgehead atoms. The second kappa shape index (κ2) is 7.44. The molecule has 1 amide bonds. The van der Waals surface area contributed by atoms with Crippen LogP contribution in [0.5, 0.6) is 11.5 Å². The molecule has 0 saturated carbocycles. The van der Waals surface area contributed by atoms with Crippen molar-refractivity contribution < 1.29 is 23.8 Å². The fraction of sp³-hybridized carbons (Fsp3) is 0.222. The van der Waals surface area contributed by atoms with Crippen LogP contribution in [0, 0.1) is 0 Å². The third-order valence-corrected chi connectivity index (χ3v) is 3.92. The number of hydrogen-bond donors (Lipinski definition) is 1. The minimum absolute atomic E-state index is 0.0652. The van der Waals surface area contributed by atoms with E-state index < -0.39 is 11.9 Å². The molecule has 0 saturated heterocycles. The number of carbonyl (C=O) groups excluding carboxylic acids is 2. The Morgan fingerprint density at radius 3 is 2.52 bits per heavy atom. The summed E-state index contributed by atoms with van der Waals surface area (Å²) in [6.45, 7) is 0.997. The third kappa shape index (κ3) is 4.22. The summed E-state index contributed by atoms with van der Waals surface area (Å²) in [6.07, 6.45) is 0.0652. The van der Waals surface area contributed by atoms with Crippen LogP contribution in [0.1, 0.15) is 21.5 Å². The summed E-state index contributed by atoms with van der Waals surface area (Å²) in [4.78, 5) is 23.0. The number of esters is 1. The monoisotopic (exact) mass is 361 g/mol. The summed E-state index contributed by atoms with van der Waals surface area (Å²) < 4.78 is 16.2. The number of primary amides is 1. The van der Waals surface area contributed by atoms with E-state index in [1.54, 1.807) is 36.4 Å². The number of hydrogen-bond acceptors (Lipinski definition) is 5. The van der Waals surface area contributed by atoms with Crippen LogP contribution in [-0.4, -0.2) is 25.1 Å². The largest absolute Gasteiger partial charge is 0.486 e. The second-order valence-corrected chi connectivity index (χ2v) is 5.91. The molecule has 1 heterocycles. The minimum atomic E-state index is -0.501. The zero-order chi connectivity index (χ0) is 17.8. The summed E-state index contributed by atoms with van der Waals surface area (Å²) in [5.74, 6) is 0.133. The summed E-state index contributed by atoms with van der Waals surface area (Å²) in [7, 11) is 0. The Balaban J connectivity index is 1.59. The second-order valence-electron chi connectivity index (χ2n) is 5.50. The fourth-order valence-electron chi connectivity index (χ4n) is 2.41. The van der Waals surface area contributed by atoms with Crippen LogP contribution in [0.4, 0.5) is 0 Å². The van der Waals surface area contributed by atoms with Gasteiger partial charge in [0.05, 0.1) is 11.4 Å². The molecule has 2 aromatic carbocycles. The SMILES string of the molecule is NC(=O)c1ccc(COC(=O)Cc2cc(Cl)c3c(c2)OCCO3)cc1. The number of carbonyl (C=O) groups is 2. The van der Waals surface area contributed by atoms with Crippen LogP contribution in [0.2, 0.25) is 5.02 Å². The van der Waals surface area contributed by atoms with Gasteiger partial charge in [0.25, 0.3) is 0 Å². The Hall–Kier alpha value is -2.73. The first-order valence-corrected chi connectivity index (χ1v) is 8.03. The van der Waals surface area contributed by atoms with Gasteiger partial charge in [-0.05, 0) is 35.4 Å². The predicted molar refractivity (Wildman–Crippen MR) is 90.9 cm³/mol. The fourth-order valence-corrected chi connectivity index (χ4v) is 2.70. The van der Waals surface area contributed by atoms with E-state index in [0.29, 0.717) is 40.9 Å². The quantitative estimate of drug-likeness (QED) is 0.827. The maximum atomic E-state index is 12.0. The van der Waals surface area contributed by atoms with Gasteiger partial charge in [-0.1, -0.05) is 23.7 Å². The number of rotatable bonds is 5. The first-order chi connectivity index (χ1) is 12.0. The lowest BCUT2D eigenvalue weighted by atomic mass is 10.1. The smallest absolute Gasteiger partial charge is 0.310 e. The van der Waals surface area contributed by atoms with E-state index in [4.69, 9.17) is 31.5 Å². The predicted octanol–water partition coefficient (Wildman–Crippen LogP) is 2.50. The van der Waals surface area contributed by atoms with E-state index in [-0.39, 0.29) is 13.0 Å². The number of fused-ring (bicyclic) bond motifs is 1. The number of halogens is 1. The average molecular weight is 362 g/mol. The number of benzene rings is 2. The van der Waals surface area contributed by atoms with Gasteiger partial charge in [0.1, 0.15) is 19.8 Å². The molecule has 0 aromatic heterocycles. The van der Waals surface area contributed by atoms with Crippen LogP contribution >= 0.6 is 11.6 Å². The Kier molecular flexibility index (Phi) is 5.09. The highest BCUT2D eigenvalue weighted by atomic mass is 35.5. The molecule has 0 fully saturated rings. The molecule has 0 atom stereocenters. The molecule has 6 nitrogen and oxygen atoms in total. The maximum Gasteiger partial charge on any atom is 0.310 e. The molecule has 130 valence electrons. The van der Waals surface area contributed by atoms with Gasteiger partial charge in [-0.25, -0.2) is 0 Å². The van der Waals surface area contributed by atoms with Crippen molar-refractivity contribution in [3.05, 3.63) is 58.1 Å². The van der Waals surface area contributed by atoms with Crippen LogP contribution in [-0.2, 0) is 22.6 Å². The van der Waals surface area contributed by atoms with Crippen molar-refractivity contribution in [1.82, 2.24) is 0 Å². The molecule has 0 unspecified atom stereocenters. The van der Waals surface area contributed by atoms with Gasteiger partial charge >= 0.3 is 5.97 Å². The Bertz CT molecular complexity index is 804. The van der Waals surface area contributed by atoms with Crippen LogP contribution in [0.25, 0.3) is 0 Å². The van der Waals surface area contributed by atoms with Gasteiger partial charge < -0.3 is 19.9 Å². The number of amides is 1. The molecule has 7 heteroatoms. The van der Waals surface area contributed by atoms with E-state index in [1.165, 1.54) is 0 Å². The lowest BCUT2D eigenvalue weighted by Crippen LogP contribution is -2.16. The molecule has 1 aliphatic heterocycles. The molecule has 0 radical (unpaired) electrons.